The fourth-order valence-corrected chi connectivity index (χ4v) is 2.80. The SMILES string of the molecule is O=S(=O)(Cl)c1cc2c(cc1Cl)COCO2. The second-order valence-corrected chi connectivity index (χ2v) is 5.88. The molecule has 0 unspecified atom stereocenters. The number of halogens is 2. The van der Waals surface area contributed by atoms with E-state index in [2.05, 4.69) is 0 Å². The van der Waals surface area contributed by atoms with Gasteiger partial charge in [-0.25, -0.2) is 8.42 Å². The highest BCUT2D eigenvalue weighted by atomic mass is 35.7. The third-order valence-electron chi connectivity index (χ3n) is 1.93. The van der Waals surface area contributed by atoms with Crippen LogP contribution >= 0.6 is 22.3 Å². The molecule has 0 atom stereocenters. The maximum absolute atomic E-state index is 11.1. The van der Waals surface area contributed by atoms with Gasteiger partial charge in [0, 0.05) is 22.3 Å². The first-order valence-electron chi connectivity index (χ1n) is 3.96. The van der Waals surface area contributed by atoms with Crippen LogP contribution in [0.3, 0.4) is 0 Å². The molecule has 1 heterocycles. The Morgan fingerprint density at radius 1 is 1.33 bits per heavy atom. The Labute approximate surface area is 96.1 Å². The molecule has 1 aliphatic rings. The Kier molecular flexibility index (Phi) is 2.81. The highest BCUT2D eigenvalue weighted by molar-refractivity contribution is 8.13. The highest BCUT2D eigenvalue weighted by Crippen LogP contribution is 2.33. The van der Waals surface area contributed by atoms with Crippen LogP contribution in [0.15, 0.2) is 17.0 Å². The first kappa shape index (κ1) is 11.0. The molecular weight excluding hydrogens is 263 g/mol. The van der Waals surface area contributed by atoms with E-state index in [1.807, 2.05) is 0 Å². The molecule has 0 aliphatic carbocycles. The molecule has 0 radical (unpaired) electrons. The second-order valence-electron chi connectivity index (χ2n) is 2.94. The molecule has 0 bridgehead atoms. The lowest BCUT2D eigenvalue weighted by atomic mass is 10.2. The van der Waals surface area contributed by atoms with Gasteiger partial charge in [0.05, 0.1) is 11.6 Å². The topological polar surface area (TPSA) is 52.6 Å². The van der Waals surface area contributed by atoms with E-state index in [1.54, 1.807) is 0 Å². The minimum Gasteiger partial charge on any atom is -0.467 e. The van der Waals surface area contributed by atoms with Crippen LogP contribution in [0.1, 0.15) is 5.56 Å². The molecule has 2 rings (SSSR count). The third kappa shape index (κ3) is 2.20. The van der Waals surface area contributed by atoms with Crippen molar-refractivity contribution in [2.75, 3.05) is 6.79 Å². The summed E-state index contributed by atoms with van der Waals surface area (Å²) in [5.74, 6) is 0.435. The molecule has 0 saturated carbocycles. The lowest BCUT2D eigenvalue weighted by Gasteiger charge is -2.18. The van der Waals surface area contributed by atoms with Crippen LogP contribution in [-0.2, 0) is 20.4 Å². The van der Waals surface area contributed by atoms with Crippen LogP contribution in [0.4, 0.5) is 0 Å². The summed E-state index contributed by atoms with van der Waals surface area (Å²) in [6, 6.07) is 2.79. The van der Waals surface area contributed by atoms with Crippen molar-refractivity contribution in [3.63, 3.8) is 0 Å². The van der Waals surface area contributed by atoms with Crippen LogP contribution in [0.5, 0.6) is 5.75 Å². The Morgan fingerprint density at radius 3 is 2.73 bits per heavy atom. The molecule has 82 valence electrons. The summed E-state index contributed by atoms with van der Waals surface area (Å²) in [5.41, 5.74) is 0.704. The van der Waals surface area contributed by atoms with Crippen LogP contribution in [-0.4, -0.2) is 15.2 Å². The molecule has 0 spiro atoms. The summed E-state index contributed by atoms with van der Waals surface area (Å²) in [6.07, 6.45) is 0. The summed E-state index contributed by atoms with van der Waals surface area (Å²) in [6.45, 7) is 0.439. The lowest BCUT2D eigenvalue weighted by molar-refractivity contribution is -0.0165. The summed E-state index contributed by atoms with van der Waals surface area (Å²) in [5, 5.41) is 0.0675. The zero-order valence-corrected chi connectivity index (χ0v) is 9.69. The average Bonchev–Trinajstić information content (AvgIpc) is 2.15. The number of ether oxygens (including phenoxy) is 2. The third-order valence-corrected chi connectivity index (χ3v) is 3.72. The Morgan fingerprint density at radius 2 is 2.07 bits per heavy atom. The Hall–Kier alpha value is -0.490. The predicted molar refractivity (Wildman–Crippen MR) is 54.8 cm³/mol. The zero-order valence-electron chi connectivity index (χ0n) is 7.37. The molecule has 0 N–H and O–H groups in total. The van der Waals surface area contributed by atoms with Crippen LogP contribution in [0.25, 0.3) is 0 Å². The van der Waals surface area contributed by atoms with Gasteiger partial charge in [0.15, 0.2) is 6.79 Å². The van der Waals surface area contributed by atoms with E-state index in [4.69, 9.17) is 31.8 Å². The monoisotopic (exact) mass is 268 g/mol. The van der Waals surface area contributed by atoms with Gasteiger partial charge in [0.25, 0.3) is 9.05 Å². The molecule has 1 aliphatic heterocycles. The van der Waals surface area contributed by atoms with Gasteiger partial charge in [-0.1, -0.05) is 11.6 Å². The smallest absolute Gasteiger partial charge is 0.262 e. The van der Waals surface area contributed by atoms with Crippen LogP contribution < -0.4 is 4.74 Å². The largest absolute Gasteiger partial charge is 0.467 e. The molecule has 0 saturated heterocycles. The van der Waals surface area contributed by atoms with E-state index in [1.165, 1.54) is 12.1 Å². The van der Waals surface area contributed by atoms with E-state index < -0.39 is 9.05 Å². The number of fused-ring (bicyclic) bond motifs is 1. The molecule has 7 heteroatoms. The lowest BCUT2D eigenvalue weighted by Crippen LogP contribution is -2.12. The van der Waals surface area contributed by atoms with E-state index >= 15 is 0 Å². The number of rotatable bonds is 1. The molecule has 0 fully saturated rings. The first-order chi connectivity index (χ1) is 6.98. The summed E-state index contributed by atoms with van der Waals surface area (Å²) in [4.78, 5) is -0.147. The van der Waals surface area contributed by atoms with Gasteiger partial charge in [-0.3, -0.25) is 0 Å². The molecule has 4 nitrogen and oxygen atoms in total. The highest BCUT2D eigenvalue weighted by Gasteiger charge is 2.20. The average molecular weight is 269 g/mol. The minimum absolute atomic E-state index is 0.0675. The maximum Gasteiger partial charge on any atom is 0.262 e. The van der Waals surface area contributed by atoms with E-state index in [0.29, 0.717) is 17.9 Å². The standard InChI is InChI=1S/C8H6Cl2O4S/c9-6-1-5-3-13-4-14-7(5)2-8(6)15(10,11)12/h1-2H,3-4H2. The van der Waals surface area contributed by atoms with Crippen molar-refractivity contribution in [1.29, 1.82) is 0 Å². The van der Waals surface area contributed by atoms with Gasteiger partial charge in [0.1, 0.15) is 10.6 Å². The maximum atomic E-state index is 11.1. The van der Waals surface area contributed by atoms with Crippen molar-refractivity contribution < 1.29 is 17.9 Å². The van der Waals surface area contributed by atoms with Crippen molar-refractivity contribution in [3.8, 4) is 5.75 Å². The van der Waals surface area contributed by atoms with Crippen molar-refractivity contribution in [2.45, 2.75) is 11.5 Å². The van der Waals surface area contributed by atoms with Gasteiger partial charge in [-0.15, -0.1) is 0 Å². The Bertz CT molecular complexity index is 498. The second kappa shape index (κ2) is 3.83. The number of benzene rings is 1. The van der Waals surface area contributed by atoms with Gasteiger partial charge in [0.2, 0.25) is 0 Å². The van der Waals surface area contributed by atoms with Crippen LogP contribution in [0.2, 0.25) is 5.02 Å². The van der Waals surface area contributed by atoms with Crippen LogP contribution in [0, 0.1) is 0 Å². The minimum atomic E-state index is -3.85. The summed E-state index contributed by atoms with van der Waals surface area (Å²) in [7, 11) is 1.36. The molecule has 15 heavy (non-hydrogen) atoms. The quantitative estimate of drug-likeness (QED) is 0.733. The van der Waals surface area contributed by atoms with Crippen molar-refractivity contribution in [2.24, 2.45) is 0 Å². The first-order valence-corrected chi connectivity index (χ1v) is 6.65. The Balaban J connectivity index is 2.60. The summed E-state index contributed by atoms with van der Waals surface area (Å²) >= 11 is 5.77. The molecular formula is C8H6Cl2O4S. The van der Waals surface area contributed by atoms with E-state index in [0.717, 1.165) is 0 Å². The van der Waals surface area contributed by atoms with Crippen molar-refractivity contribution in [1.82, 2.24) is 0 Å². The van der Waals surface area contributed by atoms with Crippen molar-refractivity contribution >= 4 is 31.3 Å². The number of hydrogen-bond acceptors (Lipinski definition) is 4. The van der Waals surface area contributed by atoms with Gasteiger partial charge in [-0.2, -0.15) is 0 Å². The van der Waals surface area contributed by atoms with Gasteiger partial charge < -0.3 is 9.47 Å². The summed E-state index contributed by atoms with van der Waals surface area (Å²) < 4.78 is 32.4. The number of hydrogen-bond donors (Lipinski definition) is 0. The van der Waals surface area contributed by atoms with E-state index in [9.17, 15) is 8.42 Å². The van der Waals surface area contributed by atoms with Gasteiger partial charge in [-0.05, 0) is 6.07 Å². The fraction of sp³-hybridized carbons (Fsp3) is 0.250. The molecule has 0 amide bonds. The molecule has 0 aromatic heterocycles. The van der Waals surface area contributed by atoms with Crippen molar-refractivity contribution in [3.05, 3.63) is 22.7 Å². The predicted octanol–water partition coefficient (Wildman–Crippen LogP) is 2.13. The van der Waals surface area contributed by atoms with Gasteiger partial charge >= 0.3 is 0 Å². The molecule has 1 aromatic carbocycles. The normalized spacial score (nSPS) is 15.6. The zero-order chi connectivity index (χ0) is 11.1. The van der Waals surface area contributed by atoms with E-state index in [-0.39, 0.29) is 16.7 Å². The molecule has 1 aromatic rings. The fourth-order valence-electron chi connectivity index (χ4n) is 1.27.